The molecule has 1 heterocycles. The number of carboxylic acid groups (broad SMARTS) is 1. The highest BCUT2D eigenvalue weighted by Crippen LogP contribution is 2.31. The summed E-state index contributed by atoms with van der Waals surface area (Å²) in [5.41, 5.74) is 4.26. The van der Waals surface area contributed by atoms with Crippen LogP contribution in [0, 0.1) is 0 Å². The number of rotatable bonds is 9. The largest absolute Gasteiger partial charge is 0.477 e. The summed E-state index contributed by atoms with van der Waals surface area (Å²) in [7, 11) is 0. The van der Waals surface area contributed by atoms with Crippen LogP contribution in [0.15, 0.2) is 77.7 Å². The van der Waals surface area contributed by atoms with E-state index in [9.17, 15) is 24.3 Å². The van der Waals surface area contributed by atoms with Crippen LogP contribution in [0.4, 0.5) is 0 Å². The molecule has 0 unspecified atom stereocenters. The van der Waals surface area contributed by atoms with Crippen molar-refractivity contribution in [3.8, 4) is 11.1 Å². The molecule has 1 saturated carbocycles. The number of pyridine rings is 1. The van der Waals surface area contributed by atoms with Gasteiger partial charge in [-0.2, -0.15) is 0 Å². The molecule has 1 atom stereocenters. The van der Waals surface area contributed by atoms with E-state index in [2.05, 4.69) is 36.5 Å². The van der Waals surface area contributed by atoms with E-state index in [1.165, 1.54) is 11.8 Å². The number of nitrogens with one attached hydrogen (secondary N) is 1. The van der Waals surface area contributed by atoms with Gasteiger partial charge in [0.05, 0.1) is 11.6 Å². The lowest BCUT2D eigenvalue weighted by Gasteiger charge is -2.26. The second-order valence-corrected chi connectivity index (χ2v) is 11.2. The number of hydrogen-bond acceptors (Lipinski definition) is 4. The molecular weight excluding hydrogens is 528 g/mol. The minimum atomic E-state index is -1.26. The Kier molecular flexibility index (Phi) is 8.67. The molecule has 3 aromatic carbocycles. The number of carbonyl (C=O) groups is 3. The van der Waals surface area contributed by atoms with E-state index in [1.54, 1.807) is 37.3 Å². The molecule has 2 N–H and O–H groups in total. The number of Topliss-reactive ketones (excluding diaryl/α,β-unsaturated/α-hetero) is 1. The zero-order valence-electron chi connectivity index (χ0n) is 24.1. The van der Waals surface area contributed by atoms with Crippen molar-refractivity contribution >= 4 is 28.6 Å². The molecule has 7 heteroatoms. The SMILES string of the molecule is CCc1ccc(-c2ccc(C(=O)N[C@@H](C)C(=O)Cc3ccc4c(c3)c(=O)c(C(=O)O)cn4C3CCCCC3)cc2)cc1. The maximum Gasteiger partial charge on any atom is 0.341 e. The fraction of sp³-hybridized carbons (Fsp3) is 0.314. The average Bonchev–Trinajstić information content (AvgIpc) is 3.01. The van der Waals surface area contributed by atoms with Crippen molar-refractivity contribution < 1.29 is 19.5 Å². The summed E-state index contributed by atoms with van der Waals surface area (Å²) in [6.07, 6.45) is 7.60. The summed E-state index contributed by atoms with van der Waals surface area (Å²) in [6, 6.07) is 20.2. The van der Waals surface area contributed by atoms with Gasteiger partial charge < -0.3 is 15.0 Å². The normalized spacial score (nSPS) is 14.4. The highest BCUT2D eigenvalue weighted by Gasteiger charge is 2.22. The number of amides is 1. The summed E-state index contributed by atoms with van der Waals surface area (Å²) in [4.78, 5) is 50.9. The summed E-state index contributed by atoms with van der Waals surface area (Å²) in [6.45, 7) is 3.76. The second kappa shape index (κ2) is 12.6. The van der Waals surface area contributed by atoms with E-state index >= 15 is 0 Å². The Morgan fingerprint density at radius 2 is 1.52 bits per heavy atom. The first kappa shape index (κ1) is 29.0. The van der Waals surface area contributed by atoms with Gasteiger partial charge in [0.1, 0.15) is 5.56 Å². The van der Waals surface area contributed by atoms with E-state index in [1.807, 2.05) is 16.7 Å². The number of hydrogen-bond donors (Lipinski definition) is 2. The van der Waals surface area contributed by atoms with Crippen molar-refractivity contribution in [1.29, 1.82) is 0 Å². The predicted octanol–water partition coefficient (Wildman–Crippen LogP) is 6.36. The second-order valence-electron chi connectivity index (χ2n) is 11.2. The smallest absolute Gasteiger partial charge is 0.341 e. The average molecular weight is 565 g/mol. The van der Waals surface area contributed by atoms with Gasteiger partial charge in [-0.05, 0) is 72.7 Å². The number of carboxylic acids is 1. The maximum absolute atomic E-state index is 13.1. The van der Waals surface area contributed by atoms with E-state index < -0.39 is 17.4 Å². The van der Waals surface area contributed by atoms with Crippen LogP contribution in [0.25, 0.3) is 22.0 Å². The molecule has 0 saturated heterocycles. The quantitative estimate of drug-likeness (QED) is 0.246. The Hall–Kier alpha value is -4.52. The third kappa shape index (κ3) is 6.20. The molecule has 1 aromatic heterocycles. The molecule has 1 amide bonds. The number of fused-ring (bicyclic) bond motifs is 1. The van der Waals surface area contributed by atoms with E-state index in [0.29, 0.717) is 22.0 Å². The van der Waals surface area contributed by atoms with Gasteiger partial charge >= 0.3 is 5.97 Å². The monoisotopic (exact) mass is 564 g/mol. The zero-order chi connectivity index (χ0) is 29.8. The number of aromatic nitrogens is 1. The van der Waals surface area contributed by atoms with Crippen LogP contribution in [0.2, 0.25) is 0 Å². The van der Waals surface area contributed by atoms with Crippen molar-refractivity contribution in [2.24, 2.45) is 0 Å². The van der Waals surface area contributed by atoms with Gasteiger partial charge in [0, 0.05) is 29.6 Å². The van der Waals surface area contributed by atoms with Crippen LogP contribution in [0.3, 0.4) is 0 Å². The van der Waals surface area contributed by atoms with Gasteiger partial charge in [-0.1, -0.05) is 68.7 Å². The third-order valence-electron chi connectivity index (χ3n) is 8.35. The van der Waals surface area contributed by atoms with Crippen LogP contribution >= 0.6 is 0 Å². The standard InChI is InChI=1S/C35H36N2O5/c1-3-23-9-12-25(13-10-23)26-14-16-27(17-15-26)34(40)36-22(2)32(38)20-24-11-18-31-29(19-24)33(39)30(35(41)42)21-37(31)28-7-5-4-6-8-28/h9-19,21-22,28H,3-8,20H2,1-2H3,(H,36,40)(H,41,42)/t22-/m0/s1. The first-order valence-corrected chi connectivity index (χ1v) is 14.7. The number of carbonyl (C=O) groups excluding carboxylic acids is 2. The van der Waals surface area contributed by atoms with Crippen LogP contribution < -0.4 is 10.7 Å². The molecule has 0 spiro atoms. The van der Waals surface area contributed by atoms with Gasteiger partial charge in [0.25, 0.3) is 5.91 Å². The Bertz CT molecular complexity index is 1680. The van der Waals surface area contributed by atoms with Gasteiger partial charge in [-0.25, -0.2) is 4.79 Å². The van der Waals surface area contributed by atoms with Crippen molar-refractivity contribution in [3.63, 3.8) is 0 Å². The van der Waals surface area contributed by atoms with Gasteiger partial charge in [0.2, 0.25) is 5.43 Å². The maximum atomic E-state index is 13.1. The van der Waals surface area contributed by atoms with Crippen LogP contribution in [0.5, 0.6) is 0 Å². The molecule has 5 rings (SSSR count). The van der Waals surface area contributed by atoms with Crippen molar-refractivity contribution in [2.45, 2.75) is 70.9 Å². The van der Waals surface area contributed by atoms with Gasteiger partial charge in [-0.3, -0.25) is 14.4 Å². The van der Waals surface area contributed by atoms with Crippen LogP contribution in [-0.2, 0) is 17.6 Å². The molecule has 42 heavy (non-hydrogen) atoms. The fourth-order valence-corrected chi connectivity index (χ4v) is 5.79. The molecule has 0 aliphatic heterocycles. The zero-order valence-corrected chi connectivity index (χ0v) is 24.1. The molecule has 1 aliphatic carbocycles. The van der Waals surface area contributed by atoms with Gasteiger partial charge in [0.15, 0.2) is 5.78 Å². The Balaban J connectivity index is 1.30. The summed E-state index contributed by atoms with van der Waals surface area (Å²) in [5.74, 6) is -1.81. The summed E-state index contributed by atoms with van der Waals surface area (Å²) in [5, 5.41) is 12.8. The number of aryl methyl sites for hydroxylation is 1. The number of benzene rings is 3. The van der Waals surface area contributed by atoms with Crippen molar-refractivity contribution in [2.75, 3.05) is 0 Å². The molecule has 0 radical (unpaired) electrons. The van der Waals surface area contributed by atoms with Crippen molar-refractivity contribution in [1.82, 2.24) is 9.88 Å². The number of aromatic carboxylic acids is 1. The molecule has 0 bridgehead atoms. The molecule has 1 aliphatic rings. The lowest BCUT2D eigenvalue weighted by molar-refractivity contribution is -0.119. The lowest BCUT2D eigenvalue weighted by atomic mass is 9.94. The molecule has 4 aromatic rings. The fourth-order valence-electron chi connectivity index (χ4n) is 5.79. The minimum absolute atomic E-state index is 0.00421. The Morgan fingerprint density at radius 1 is 0.905 bits per heavy atom. The first-order valence-electron chi connectivity index (χ1n) is 14.7. The summed E-state index contributed by atoms with van der Waals surface area (Å²) < 4.78 is 1.93. The molecule has 1 fully saturated rings. The Morgan fingerprint density at radius 3 is 2.14 bits per heavy atom. The highest BCUT2D eigenvalue weighted by atomic mass is 16.4. The number of ketones is 1. The number of nitrogens with zero attached hydrogens (tertiary/aromatic N) is 1. The topological polar surface area (TPSA) is 105 Å². The van der Waals surface area contributed by atoms with Crippen LogP contribution in [-0.4, -0.2) is 33.4 Å². The third-order valence-corrected chi connectivity index (χ3v) is 8.35. The predicted molar refractivity (Wildman–Crippen MR) is 164 cm³/mol. The van der Waals surface area contributed by atoms with E-state index in [4.69, 9.17) is 0 Å². The summed E-state index contributed by atoms with van der Waals surface area (Å²) >= 11 is 0. The Labute approximate surface area is 245 Å². The molecular formula is C35H36N2O5. The lowest BCUT2D eigenvalue weighted by Crippen LogP contribution is -2.39. The molecule has 7 nitrogen and oxygen atoms in total. The van der Waals surface area contributed by atoms with E-state index in [-0.39, 0.29) is 29.7 Å². The molecule has 216 valence electrons. The van der Waals surface area contributed by atoms with Crippen LogP contribution in [0.1, 0.15) is 83.8 Å². The first-order chi connectivity index (χ1) is 20.2. The highest BCUT2D eigenvalue weighted by molar-refractivity contribution is 5.99. The van der Waals surface area contributed by atoms with E-state index in [0.717, 1.165) is 49.7 Å². The van der Waals surface area contributed by atoms with Gasteiger partial charge in [-0.15, -0.1) is 0 Å². The van der Waals surface area contributed by atoms with Crippen molar-refractivity contribution in [3.05, 3.63) is 105 Å². The minimum Gasteiger partial charge on any atom is -0.477 e.